The first-order chi connectivity index (χ1) is 9.60. The molecule has 0 aromatic heterocycles. The standard InChI is InChI=1S/C18H27NO/c1-18(2)11-5-8-16(17(18)19-3)20-15-10-9-13-6-4-7-14(13)12-15/h9-10,12,16-17,19H,4-8,11H2,1-3H3. The van der Waals surface area contributed by atoms with Gasteiger partial charge in [0, 0.05) is 6.04 Å². The maximum absolute atomic E-state index is 6.36. The number of rotatable bonds is 3. The van der Waals surface area contributed by atoms with Crippen LogP contribution in [0, 0.1) is 5.41 Å². The lowest BCUT2D eigenvalue weighted by atomic mass is 9.72. The molecular weight excluding hydrogens is 246 g/mol. The fourth-order valence-electron chi connectivity index (χ4n) is 4.08. The second kappa shape index (κ2) is 5.40. The first kappa shape index (κ1) is 13.9. The smallest absolute Gasteiger partial charge is 0.120 e. The van der Waals surface area contributed by atoms with E-state index in [0.29, 0.717) is 17.6 Å². The number of nitrogens with one attached hydrogen (secondary N) is 1. The van der Waals surface area contributed by atoms with Crippen LogP contribution in [0.5, 0.6) is 5.75 Å². The lowest BCUT2D eigenvalue weighted by Crippen LogP contribution is -2.53. The van der Waals surface area contributed by atoms with Gasteiger partial charge in [-0.1, -0.05) is 19.9 Å². The average Bonchev–Trinajstić information content (AvgIpc) is 2.85. The van der Waals surface area contributed by atoms with Crippen molar-refractivity contribution in [3.8, 4) is 5.75 Å². The number of ether oxygens (including phenoxy) is 1. The third-order valence-electron chi connectivity index (χ3n) is 5.19. The quantitative estimate of drug-likeness (QED) is 0.906. The molecule has 0 amide bonds. The molecule has 0 bridgehead atoms. The van der Waals surface area contributed by atoms with E-state index in [-0.39, 0.29) is 0 Å². The molecule has 0 aliphatic heterocycles. The number of hydrogen-bond donors (Lipinski definition) is 1. The molecule has 2 heteroatoms. The van der Waals surface area contributed by atoms with Crippen molar-refractivity contribution < 1.29 is 4.74 Å². The fraction of sp³-hybridized carbons (Fsp3) is 0.667. The van der Waals surface area contributed by atoms with Crippen molar-refractivity contribution >= 4 is 0 Å². The zero-order valence-corrected chi connectivity index (χ0v) is 13.0. The Morgan fingerprint density at radius 1 is 1.15 bits per heavy atom. The number of aryl methyl sites for hydroxylation is 2. The summed E-state index contributed by atoms with van der Waals surface area (Å²) < 4.78 is 6.36. The van der Waals surface area contributed by atoms with E-state index in [2.05, 4.69) is 44.4 Å². The molecule has 2 atom stereocenters. The summed E-state index contributed by atoms with van der Waals surface area (Å²) in [5.74, 6) is 1.06. The van der Waals surface area contributed by atoms with Gasteiger partial charge in [0.2, 0.25) is 0 Å². The van der Waals surface area contributed by atoms with Crippen LogP contribution in [-0.4, -0.2) is 19.2 Å². The second-order valence-electron chi connectivity index (χ2n) is 7.09. The first-order valence-corrected chi connectivity index (χ1v) is 8.06. The molecule has 0 heterocycles. The van der Waals surface area contributed by atoms with Gasteiger partial charge in [-0.15, -0.1) is 0 Å². The minimum atomic E-state index is 0.295. The van der Waals surface area contributed by atoms with Crippen LogP contribution in [0.1, 0.15) is 50.7 Å². The highest BCUT2D eigenvalue weighted by Gasteiger charge is 2.39. The summed E-state index contributed by atoms with van der Waals surface area (Å²) in [4.78, 5) is 0. The van der Waals surface area contributed by atoms with Crippen LogP contribution in [0.25, 0.3) is 0 Å². The zero-order valence-electron chi connectivity index (χ0n) is 13.0. The van der Waals surface area contributed by atoms with Crippen molar-refractivity contribution in [2.45, 2.75) is 64.5 Å². The maximum atomic E-state index is 6.36. The van der Waals surface area contributed by atoms with Crippen molar-refractivity contribution in [3.05, 3.63) is 29.3 Å². The molecule has 1 aromatic carbocycles. The van der Waals surface area contributed by atoms with Crippen LogP contribution < -0.4 is 10.1 Å². The van der Waals surface area contributed by atoms with Gasteiger partial charge in [0.25, 0.3) is 0 Å². The van der Waals surface area contributed by atoms with Crippen molar-refractivity contribution in [2.75, 3.05) is 7.05 Å². The molecule has 0 radical (unpaired) electrons. The number of benzene rings is 1. The van der Waals surface area contributed by atoms with Crippen LogP contribution >= 0.6 is 0 Å². The molecule has 1 saturated carbocycles. The number of fused-ring (bicyclic) bond motifs is 1. The molecule has 2 aliphatic rings. The highest BCUT2D eigenvalue weighted by Crippen LogP contribution is 2.37. The van der Waals surface area contributed by atoms with E-state index in [0.717, 1.165) is 12.2 Å². The topological polar surface area (TPSA) is 21.3 Å². The summed E-state index contributed by atoms with van der Waals surface area (Å²) in [6, 6.07) is 7.14. The van der Waals surface area contributed by atoms with Crippen molar-refractivity contribution in [1.82, 2.24) is 5.32 Å². The van der Waals surface area contributed by atoms with Gasteiger partial charge in [-0.3, -0.25) is 0 Å². The van der Waals surface area contributed by atoms with E-state index >= 15 is 0 Å². The molecule has 3 rings (SSSR count). The lowest BCUT2D eigenvalue weighted by Gasteiger charge is -2.43. The monoisotopic (exact) mass is 273 g/mol. The van der Waals surface area contributed by atoms with Gasteiger partial charge < -0.3 is 10.1 Å². The van der Waals surface area contributed by atoms with Crippen molar-refractivity contribution in [2.24, 2.45) is 5.41 Å². The molecule has 0 saturated heterocycles. The normalized spacial score (nSPS) is 28.1. The minimum absolute atomic E-state index is 0.295. The summed E-state index contributed by atoms with van der Waals surface area (Å²) in [7, 11) is 2.07. The van der Waals surface area contributed by atoms with Crippen molar-refractivity contribution in [3.63, 3.8) is 0 Å². The summed E-state index contributed by atoms with van der Waals surface area (Å²) in [5, 5.41) is 3.49. The van der Waals surface area contributed by atoms with Crippen LogP contribution in [0.15, 0.2) is 18.2 Å². The fourth-order valence-corrected chi connectivity index (χ4v) is 4.08. The summed E-state index contributed by atoms with van der Waals surface area (Å²) in [6.07, 6.45) is 7.76. The molecule has 2 unspecified atom stereocenters. The Balaban J connectivity index is 1.76. The first-order valence-electron chi connectivity index (χ1n) is 8.06. The molecule has 2 nitrogen and oxygen atoms in total. The van der Waals surface area contributed by atoms with E-state index in [1.807, 2.05) is 0 Å². The average molecular weight is 273 g/mol. The van der Waals surface area contributed by atoms with E-state index in [4.69, 9.17) is 4.74 Å². The number of likely N-dealkylation sites (N-methyl/N-ethyl adjacent to an activating group) is 1. The van der Waals surface area contributed by atoms with E-state index in [9.17, 15) is 0 Å². The van der Waals surface area contributed by atoms with Gasteiger partial charge in [-0.25, -0.2) is 0 Å². The largest absolute Gasteiger partial charge is 0.489 e. The van der Waals surface area contributed by atoms with Crippen LogP contribution in [-0.2, 0) is 12.8 Å². The van der Waals surface area contributed by atoms with Crippen molar-refractivity contribution in [1.29, 1.82) is 0 Å². The Hall–Kier alpha value is -1.02. The minimum Gasteiger partial charge on any atom is -0.489 e. The molecule has 110 valence electrons. The van der Waals surface area contributed by atoms with Crippen LogP contribution in [0.3, 0.4) is 0 Å². The number of hydrogen-bond acceptors (Lipinski definition) is 2. The van der Waals surface area contributed by atoms with Gasteiger partial charge in [-0.2, -0.15) is 0 Å². The van der Waals surface area contributed by atoms with Gasteiger partial charge in [0.15, 0.2) is 0 Å². The Labute approximate surface area is 122 Å². The lowest BCUT2D eigenvalue weighted by molar-refractivity contribution is 0.0403. The van der Waals surface area contributed by atoms with Crippen LogP contribution in [0.2, 0.25) is 0 Å². The molecule has 1 N–H and O–H groups in total. The summed E-state index contributed by atoms with van der Waals surface area (Å²) in [6.45, 7) is 4.71. The van der Waals surface area contributed by atoms with Gasteiger partial charge in [0.1, 0.15) is 11.9 Å². The predicted molar refractivity (Wildman–Crippen MR) is 83.4 cm³/mol. The van der Waals surface area contributed by atoms with Gasteiger partial charge in [0.05, 0.1) is 0 Å². The van der Waals surface area contributed by atoms with Gasteiger partial charge in [-0.05, 0) is 74.2 Å². The molecule has 0 spiro atoms. The van der Waals surface area contributed by atoms with E-state index < -0.39 is 0 Å². The maximum Gasteiger partial charge on any atom is 0.120 e. The molecule has 1 aromatic rings. The molecule has 2 aliphatic carbocycles. The third-order valence-corrected chi connectivity index (χ3v) is 5.19. The Kier molecular flexibility index (Phi) is 3.76. The zero-order chi connectivity index (χ0) is 14.2. The highest BCUT2D eigenvalue weighted by atomic mass is 16.5. The molecule has 20 heavy (non-hydrogen) atoms. The Morgan fingerprint density at radius 2 is 1.95 bits per heavy atom. The molecular formula is C18H27NO. The second-order valence-corrected chi connectivity index (χ2v) is 7.09. The SMILES string of the molecule is CNC1C(Oc2ccc3c(c2)CCC3)CCCC1(C)C. The highest BCUT2D eigenvalue weighted by molar-refractivity contribution is 5.38. The predicted octanol–water partition coefficient (Wildman–Crippen LogP) is 3.72. The van der Waals surface area contributed by atoms with Crippen LogP contribution in [0.4, 0.5) is 0 Å². The van der Waals surface area contributed by atoms with E-state index in [1.165, 1.54) is 43.2 Å². The summed E-state index contributed by atoms with van der Waals surface area (Å²) in [5.41, 5.74) is 3.33. The van der Waals surface area contributed by atoms with E-state index in [1.54, 1.807) is 0 Å². The Morgan fingerprint density at radius 3 is 2.75 bits per heavy atom. The third kappa shape index (κ3) is 2.58. The Bertz CT molecular complexity index is 480. The van der Waals surface area contributed by atoms with Gasteiger partial charge >= 0.3 is 0 Å². The summed E-state index contributed by atoms with van der Waals surface area (Å²) >= 11 is 0. The molecule has 1 fully saturated rings.